The molecule has 8 heteroatoms. The fraction of sp³-hybridized carbons (Fsp3) is 0.846. The molecule has 0 unspecified atom stereocenters. The normalized spacial score (nSPS) is 24.2. The molecule has 0 aromatic rings. The van der Waals surface area contributed by atoms with Crippen LogP contribution in [0.3, 0.4) is 0 Å². The number of piperazine rings is 1. The second-order valence-electron chi connectivity index (χ2n) is 6.19. The lowest BCUT2D eigenvalue weighted by molar-refractivity contribution is -0.0280. The molecule has 2 rings (SSSR count). The molecule has 2 aliphatic rings. The summed E-state index contributed by atoms with van der Waals surface area (Å²) in [6.45, 7) is 7.70. The van der Waals surface area contributed by atoms with Gasteiger partial charge in [0.2, 0.25) is 0 Å². The lowest BCUT2D eigenvalue weighted by Gasteiger charge is -2.38. The third kappa shape index (κ3) is 3.98. The van der Waals surface area contributed by atoms with E-state index in [4.69, 9.17) is 14.6 Å². The van der Waals surface area contributed by atoms with Crippen molar-refractivity contribution in [2.75, 3.05) is 39.3 Å². The lowest BCUT2D eigenvalue weighted by atomic mass is 10.2. The van der Waals surface area contributed by atoms with Crippen LogP contribution in [0, 0.1) is 0 Å². The zero-order valence-electron chi connectivity index (χ0n) is 12.7. The highest BCUT2D eigenvalue weighted by Crippen LogP contribution is 2.17. The molecular weight excluding hydrogens is 278 g/mol. The smallest absolute Gasteiger partial charge is 0.425 e. The van der Waals surface area contributed by atoms with Gasteiger partial charge in [-0.1, -0.05) is 0 Å². The zero-order chi connectivity index (χ0) is 15.6. The van der Waals surface area contributed by atoms with E-state index < -0.39 is 17.8 Å². The van der Waals surface area contributed by atoms with Gasteiger partial charge in [-0.3, -0.25) is 0 Å². The number of aliphatic hydroxyl groups excluding tert-OH is 1. The molecule has 8 nitrogen and oxygen atoms in total. The number of aliphatic hydroxyl groups is 1. The van der Waals surface area contributed by atoms with Crippen LogP contribution in [0.15, 0.2) is 0 Å². The average Bonchev–Trinajstić information content (AvgIpc) is 2.78. The van der Waals surface area contributed by atoms with E-state index in [0.717, 1.165) is 0 Å². The molecule has 21 heavy (non-hydrogen) atoms. The third-order valence-corrected chi connectivity index (χ3v) is 3.31. The second kappa shape index (κ2) is 6.07. The van der Waals surface area contributed by atoms with Gasteiger partial charge in [-0.05, 0) is 20.8 Å². The molecule has 2 heterocycles. The first-order valence-corrected chi connectivity index (χ1v) is 7.12. The highest BCUT2D eigenvalue weighted by Gasteiger charge is 2.37. The highest BCUT2D eigenvalue weighted by molar-refractivity contribution is 5.70. The van der Waals surface area contributed by atoms with Gasteiger partial charge in [-0.25, -0.2) is 19.6 Å². The van der Waals surface area contributed by atoms with Gasteiger partial charge < -0.3 is 19.5 Å². The molecule has 0 bridgehead atoms. The average molecular weight is 301 g/mol. The predicted octanol–water partition coefficient (Wildman–Crippen LogP) is 0.267. The summed E-state index contributed by atoms with van der Waals surface area (Å²) in [5, 5.41) is 12.4. The van der Waals surface area contributed by atoms with Crippen molar-refractivity contribution in [1.29, 1.82) is 0 Å². The minimum absolute atomic E-state index is 0.180. The molecule has 2 fully saturated rings. The molecule has 1 N–H and O–H groups in total. The minimum atomic E-state index is -0.513. The van der Waals surface area contributed by atoms with E-state index in [-0.39, 0.29) is 12.7 Å². The SMILES string of the molecule is CC(C)(C)OC(=O)N1CCN(N2C[C@H](CO)OC2=O)CC1. The number of rotatable bonds is 2. The Bertz CT molecular complexity index is 401. The minimum Gasteiger partial charge on any atom is -0.444 e. The lowest BCUT2D eigenvalue weighted by Crippen LogP contribution is -2.56. The van der Waals surface area contributed by atoms with Crippen molar-refractivity contribution < 1.29 is 24.2 Å². The van der Waals surface area contributed by atoms with Crippen molar-refractivity contribution in [1.82, 2.24) is 14.9 Å². The number of carbonyl (C=O) groups is 2. The van der Waals surface area contributed by atoms with Crippen LogP contribution >= 0.6 is 0 Å². The van der Waals surface area contributed by atoms with Gasteiger partial charge in [0.15, 0.2) is 0 Å². The molecule has 0 saturated carbocycles. The van der Waals surface area contributed by atoms with Crippen LogP contribution in [-0.2, 0) is 9.47 Å². The van der Waals surface area contributed by atoms with Crippen LogP contribution in [0.2, 0.25) is 0 Å². The van der Waals surface area contributed by atoms with Gasteiger partial charge in [0.1, 0.15) is 11.7 Å². The number of amides is 2. The summed E-state index contributed by atoms with van der Waals surface area (Å²) in [5.74, 6) is 0. The third-order valence-electron chi connectivity index (χ3n) is 3.31. The number of ether oxygens (including phenoxy) is 2. The number of hydrazine groups is 1. The van der Waals surface area contributed by atoms with Gasteiger partial charge in [0.25, 0.3) is 0 Å². The molecule has 2 saturated heterocycles. The quantitative estimate of drug-likeness (QED) is 0.788. The molecule has 1 atom stereocenters. The van der Waals surface area contributed by atoms with Crippen molar-refractivity contribution in [3.8, 4) is 0 Å². The van der Waals surface area contributed by atoms with Gasteiger partial charge in [0, 0.05) is 26.2 Å². The van der Waals surface area contributed by atoms with E-state index >= 15 is 0 Å². The van der Waals surface area contributed by atoms with Crippen LogP contribution in [0.5, 0.6) is 0 Å². The van der Waals surface area contributed by atoms with Gasteiger partial charge in [0.05, 0.1) is 13.2 Å². The van der Waals surface area contributed by atoms with Crippen LogP contribution in [0.25, 0.3) is 0 Å². The van der Waals surface area contributed by atoms with E-state index in [1.807, 2.05) is 25.8 Å². The molecule has 0 aliphatic carbocycles. The standard InChI is InChI=1S/C13H23N3O5/c1-13(2,3)21-11(18)14-4-6-15(7-5-14)16-8-10(9-17)20-12(16)19/h10,17H,4-9H2,1-3H3/t10-/m1/s1. The number of hydrogen-bond donors (Lipinski definition) is 1. The fourth-order valence-corrected chi connectivity index (χ4v) is 2.28. The van der Waals surface area contributed by atoms with E-state index in [1.165, 1.54) is 5.01 Å². The van der Waals surface area contributed by atoms with Crippen LogP contribution < -0.4 is 0 Å². The van der Waals surface area contributed by atoms with Crippen LogP contribution in [0.4, 0.5) is 9.59 Å². The van der Waals surface area contributed by atoms with Crippen molar-refractivity contribution in [3.63, 3.8) is 0 Å². The summed E-state index contributed by atoms with van der Waals surface area (Å²) in [5.41, 5.74) is -0.513. The monoisotopic (exact) mass is 301 g/mol. The Hall–Kier alpha value is -1.54. The molecule has 0 aromatic heterocycles. The summed E-state index contributed by atoms with van der Waals surface area (Å²) in [4.78, 5) is 25.3. The number of carbonyl (C=O) groups excluding carboxylic acids is 2. The summed E-state index contributed by atoms with van der Waals surface area (Å²) < 4.78 is 10.3. The first-order chi connectivity index (χ1) is 9.80. The summed E-state index contributed by atoms with van der Waals surface area (Å²) >= 11 is 0. The summed E-state index contributed by atoms with van der Waals surface area (Å²) in [6, 6.07) is 0. The largest absolute Gasteiger partial charge is 0.444 e. The molecule has 0 spiro atoms. The Morgan fingerprint density at radius 3 is 2.43 bits per heavy atom. The van der Waals surface area contributed by atoms with E-state index in [2.05, 4.69) is 0 Å². The van der Waals surface area contributed by atoms with Gasteiger partial charge in [-0.15, -0.1) is 0 Å². The first-order valence-electron chi connectivity index (χ1n) is 7.12. The Kier molecular flexibility index (Phi) is 4.58. The summed E-state index contributed by atoms with van der Waals surface area (Å²) in [7, 11) is 0. The van der Waals surface area contributed by atoms with Crippen LogP contribution in [0.1, 0.15) is 20.8 Å². The highest BCUT2D eigenvalue weighted by atomic mass is 16.6. The van der Waals surface area contributed by atoms with Crippen molar-refractivity contribution in [2.24, 2.45) is 0 Å². The zero-order valence-corrected chi connectivity index (χ0v) is 12.7. The van der Waals surface area contributed by atoms with E-state index in [0.29, 0.717) is 32.7 Å². The Labute approximate surface area is 124 Å². The molecule has 120 valence electrons. The molecule has 0 aromatic carbocycles. The Balaban J connectivity index is 1.83. The molecule has 0 radical (unpaired) electrons. The fourth-order valence-electron chi connectivity index (χ4n) is 2.28. The Morgan fingerprint density at radius 1 is 1.33 bits per heavy atom. The maximum absolute atomic E-state index is 12.0. The maximum Gasteiger partial charge on any atom is 0.425 e. The molecular formula is C13H23N3O5. The number of nitrogens with zero attached hydrogens (tertiary/aromatic N) is 3. The molecule has 2 amide bonds. The number of hydrogen-bond acceptors (Lipinski definition) is 6. The van der Waals surface area contributed by atoms with Gasteiger partial charge in [-0.2, -0.15) is 0 Å². The van der Waals surface area contributed by atoms with E-state index in [1.54, 1.807) is 4.90 Å². The van der Waals surface area contributed by atoms with E-state index in [9.17, 15) is 9.59 Å². The van der Waals surface area contributed by atoms with Crippen molar-refractivity contribution >= 4 is 12.2 Å². The molecule has 2 aliphatic heterocycles. The first kappa shape index (κ1) is 15.8. The van der Waals surface area contributed by atoms with Crippen molar-refractivity contribution in [3.05, 3.63) is 0 Å². The number of cyclic esters (lactones) is 1. The topological polar surface area (TPSA) is 82.6 Å². The maximum atomic E-state index is 12.0. The van der Waals surface area contributed by atoms with Crippen molar-refractivity contribution in [2.45, 2.75) is 32.5 Å². The van der Waals surface area contributed by atoms with Gasteiger partial charge >= 0.3 is 12.2 Å². The predicted molar refractivity (Wildman–Crippen MR) is 73.4 cm³/mol. The van der Waals surface area contributed by atoms with Crippen LogP contribution in [-0.4, -0.2) is 83.2 Å². The second-order valence-corrected chi connectivity index (χ2v) is 6.19. The summed E-state index contributed by atoms with van der Waals surface area (Å²) in [6.07, 6.45) is -1.25. The Morgan fingerprint density at radius 2 is 1.95 bits per heavy atom.